The van der Waals surface area contributed by atoms with Crippen molar-refractivity contribution in [1.82, 2.24) is 9.88 Å². The highest BCUT2D eigenvalue weighted by Crippen LogP contribution is 2.42. The number of nitrogens with one attached hydrogen (secondary N) is 1. The molecule has 1 fully saturated rings. The lowest BCUT2D eigenvalue weighted by Gasteiger charge is -2.44. The lowest BCUT2D eigenvalue weighted by Crippen LogP contribution is -2.52. The molecular weight excluding hydrogens is 379 g/mol. The van der Waals surface area contributed by atoms with Crippen LogP contribution in [-0.2, 0) is 17.8 Å². The number of ketones is 1. The van der Waals surface area contributed by atoms with Crippen LogP contribution in [0.3, 0.4) is 0 Å². The van der Waals surface area contributed by atoms with Gasteiger partial charge >= 0.3 is 0 Å². The van der Waals surface area contributed by atoms with Crippen LogP contribution in [0.1, 0.15) is 46.2 Å². The molecule has 1 amide bonds. The van der Waals surface area contributed by atoms with Gasteiger partial charge in [-0.2, -0.15) is 0 Å². The average Bonchev–Trinajstić information content (AvgIpc) is 2.71. The Morgan fingerprint density at radius 1 is 1.34 bits per heavy atom. The van der Waals surface area contributed by atoms with Gasteiger partial charge in [0.25, 0.3) is 5.91 Å². The molecule has 152 valence electrons. The molecule has 4 rings (SSSR count). The number of Topliss-reactive ketones (excluding diaryl/α,β-unsaturated/α-hetero) is 1. The predicted octanol–water partition coefficient (Wildman–Crippen LogP) is 2.00. The molecule has 29 heavy (non-hydrogen) atoms. The van der Waals surface area contributed by atoms with Crippen molar-refractivity contribution in [1.29, 1.82) is 0 Å². The van der Waals surface area contributed by atoms with E-state index < -0.39 is 22.5 Å². The molecule has 0 bridgehead atoms. The first-order valence-corrected chi connectivity index (χ1v) is 9.46. The second-order valence-electron chi connectivity index (χ2n) is 7.74. The molecule has 1 saturated heterocycles. The number of hydrogen-bond acceptors (Lipinski definition) is 5. The van der Waals surface area contributed by atoms with E-state index in [0.29, 0.717) is 18.6 Å². The molecule has 2 N–H and O–H groups in total. The van der Waals surface area contributed by atoms with Crippen LogP contribution in [0.5, 0.6) is 5.75 Å². The van der Waals surface area contributed by atoms with Gasteiger partial charge in [-0.3, -0.25) is 14.4 Å². The molecule has 8 heteroatoms. The molecule has 2 aromatic rings. The number of carbonyl (C=O) groups is 2. The van der Waals surface area contributed by atoms with Gasteiger partial charge in [0.1, 0.15) is 17.1 Å². The molecular formula is C21H21FN2O5. The highest BCUT2D eigenvalue weighted by atomic mass is 19.1. The zero-order valence-corrected chi connectivity index (χ0v) is 15.9. The summed E-state index contributed by atoms with van der Waals surface area (Å²) in [5.74, 6) is -2.13. The molecule has 3 heterocycles. The number of amides is 1. The predicted molar refractivity (Wildman–Crippen MR) is 101 cm³/mol. The Morgan fingerprint density at radius 3 is 2.79 bits per heavy atom. The quantitative estimate of drug-likeness (QED) is 0.821. The van der Waals surface area contributed by atoms with E-state index in [9.17, 15) is 23.9 Å². The molecule has 2 atom stereocenters. The van der Waals surface area contributed by atoms with E-state index in [1.165, 1.54) is 35.0 Å². The minimum absolute atomic E-state index is 0.0747. The van der Waals surface area contributed by atoms with Crippen LogP contribution in [0, 0.1) is 11.2 Å². The van der Waals surface area contributed by atoms with Crippen molar-refractivity contribution in [3.63, 3.8) is 0 Å². The van der Waals surface area contributed by atoms with Crippen molar-refractivity contribution >= 4 is 11.7 Å². The minimum atomic E-state index is -0.889. The van der Waals surface area contributed by atoms with Gasteiger partial charge in [0, 0.05) is 19.3 Å². The van der Waals surface area contributed by atoms with Crippen LogP contribution in [0.2, 0.25) is 0 Å². The van der Waals surface area contributed by atoms with E-state index in [4.69, 9.17) is 4.74 Å². The summed E-state index contributed by atoms with van der Waals surface area (Å²) in [5.41, 5.74) is -1.37. The summed E-state index contributed by atoms with van der Waals surface area (Å²) in [6.45, 7) is 2.68. The number of aromatic hydroxyl groups is 1. The molecule has 2 aliphatic heterocycles. The van der Waals surface area contributed by atoms with Crippen molar-refractivity contribution in [3.05, 3.63) is 63.3 Å². The van der Waals surface area contributed by atoms with Crippen LogP contribution in [0.25, 0.3) is 0 Å². The molecule has 2 unspecified atom stereocenters. The van der Waals surface area contributed by atoms with Gasteiger partial charge < -0.3 is 19.7 Å². The van der Waals surface area contributed by atoms with Gasteiger partial charge in [0.05, 0.1) is 18.1 Å². The maximum Gasteiger partial charge on any atom is 0.257 e. The molecule has 1 aromatic carbocycles. The number of pyridine rings is 1. The fourth-order valence-electron chi connectivity index (χ4n) is 4.05. The van der Waals surface area contributed by atoms with E-state index >= 15 is 0 Å². The van der Waals surface area contributed by atoms with Gasteiger partial charge in [-0.25, -0.2) is 4.39 Å². The first kappa shape index (κ1) is 19.3. The van der Waals surface area contributed by atoms with E-state index in [2.05, 4.69) is 5.32 Å². The fraction of sp³-hybridized carbons (Fsp3) is 0.381. The van der Waals surface area contributed by atoms with Crippen LogP contribution in [-0.4, -0.2) is 34.1 Å². The van der Waals surface area contributed by atoms with Crippen molar-refractivity contribution in [2.45, 2.75) is 39.0 Å². The van der Waals surface area contributed by atoms with Gasteiger partial charge in [0.15, 0.2) is 11.5 Å². The number of carbonyl (C=O) groups excluding carboxylic acids is 2. The van der Waals surface area contributed by atoms with Crippen molar-refractivity contribution in [2.75, 3.05) is 6.61 Å². The molecule has 1 aromatic heterocycles. The zero-order valence-electron chi connectivity index (χ0n) is 15.9. The second kappa shape index (κ2) is 7.11. The minimum Gasteiger partial charge on any atom is -0.503 e. The summed E-state index contributed by atoms with van der Waals surface area (Å²) in [6, 6.07) is 5.58. The normalized spacial score (nSPS) is 23.2. The lowest BCUT2D eigenvalue weighted by molar-refractivity contribution is -0.0740. The van der Waals surface area contributed by atoms with Crippen LogP contribution < -0.4 is 10.7 Å². The Morgan fingerprint density at radius 2 is 2.07 bits per heavy atom. The maximum absolute atomic E-state index is 13.0. The highest BCUT2D eigenvalue weighted by Gasteiger charge is 2.49. The number of halogens is 1. The topological polar surface area (TPSA) is 97.6 Å². The number of hydrogen-bond donors (Lipinski definition) is 2. The van der Waals surface area contributed by atoms with E-state index in [-0.39, 0.29) is 42.1 Å². The van der Waals surface area contributed by atoms with Crippen molar-refractivity contribution in [3.8, 4) is 5.75 Å². The summed E-state index contributed by atoms with van der Waals surface area (Å²) in [4.78, 5) is 38.2. The zero-order chi connectivity index (χ0) is 20.8. The molecule has 2 aliphatic rings. The smallest absolute Gasteiger partial charge is 0.257 e. The number of nitrogens with zero attached hydrogens (tertiary/aromatic N) is 1. The summed E-state index contributed by atoms with van der Waals surface area (Å²) >= 11 is 0. The second-order valence-corrected chi connectivity index (χ2v) is 7.74. The van der Waals surface area contributed by atoms with Crippen LogP contribution >= 0.6 is 0 Å². The Bertz CT molecular complexity index is 1050. The molecule has 0 radical (unpaired) electrons. The van der Waals surface area contributed by atoms with Crippen LogP contribution in [0.4, 0.5) is 4.39 Å². The molecule has 0 spiro atoms. The first-order valence-electron chi connectivity index (χ1n) is 9.46. The average molecular weight is 400 g/mol. The summed E-state index contributed by atoms with van der Waals surface area (Å²) in [7, 11) is 0. The van der Waals surface area contributed by atoms with Gasteiger partial charge in [-0.1, -0.05) is 12.1 Å². The Kier molecular flexibility index (Phi) is 4.74. The number of aromatic nitrogens is 1. The van der Waals surface area contributed by atoms with E-state index in [1.54, 1.807) is 6.92 Å². The number of benzene rings is 1. The molecule has 0 saturated carbocycles. The van der Waals surface area contributed by atoms with Crippen molar-refractivity contribution < 1.29 is 23.8 Å². The summed E-state index contributed by atoms with van der Waals surface area (Å²) < 4.78 is 20.2. The van der Waals surface area contributed by atoms with Gasteiger partial charge in [-0.05, 0) is 37.5 Å². The number of ether oxygens (including phenoxy) is 1. The maximum atomic E-state index is 13.0. The largest absolute Gasteiger partial charge is 0.503 e. The van der Waals surface area contributed by atoms with E-state index in [1.807, 2.05) is 0 Å². The van der Waals surface area contributed by atoms with Crippen LogP contribution in [0.15, 0.2) is 35.3 Å². The molecule has 0 aliphatic carbocycles. The number of rotatable bonds is 3. The summed E-state index contributed by atoms with van der Waals surface area (Å²) in [5, 5.41) is 13.0. The fourth-order valence-corrected chi connectivity index (χ4v) is 4.05. The SMILES string of the molecule is CC12CCCOC1Cn1cc(C(=O)NCc3ccc(F)cc3)c(=O)c(O)c1C2=O. The standard InChI is InChI=1S/C21H21FN2O5/c1-21-7-2-8-29-15(21)11-24-10-14(17(25)18(26)16(24)19(21)27)20(28)23-9-12-3-5-13(22)6-4-12/h3-6,10,15,26H,2,7-9,11H2,1H3,(H,23,28). The van der Waals surface area contributed by atoms with E-state index in [0.717, 1.165) is 6.42 Å². The first-order chi connectivity index (χ1) is 13.8. The monoisotopic (exact) mass is 400 g/mol. The third-order valence-electron chi connectivity index (χ3n) is 5.83. The Hall–Kier alpha value is -3.00. The third-order valence-corrected chi connectivity index (χ3v) is 5.83. The Balaban J connectivity index is 1.64. The Labute approximate surface area is 166 Å². The summed E-state index contributed by atoms with van der Waals surface area (Å²) in [6.07, 6.45) is 2.26. The molecule has 7 nitrogen and oxygen atoms in total. The third kappa shape index (κ3) is 3.23. The van der Waals surface area contributed by atoms with Gasteiger partial charge in [0.2, 0.25) is 5.43 Å². The lowest BCUT2D eigenvalue weighted by atomic mass is 9.71. The number of fused-ring (bicyclic) bond motifs is 2. The van der Waals surface area contributed by atoms with Crippen molar-refractivity contribution in [2.24, 2.45) is 5.41 Å². The highest BCUT2D eigenvalue weighted by molar-refractivity contribution is 6.03. The van der Waals surface area contributed by atoms with Gasteiger partial charge in [-0.15, -0.1) is 0 Å².